The van der Waals surface area contributed by atoms with Crippen molar-refractivity contribution < 1.29 is 10.2 Å². The predicted octanol–water partition coefficient (Wildman–Crippen LogP) is 7.24. The molecule has 0 aromatic rings. The van der Waals surface area contributed by atoms with Crippen LogP contribution >= 0.6 is 0 Å². The summed E-state index contributed by atoms with van der Waals surface area (Å²) in [6.07, 6.45) is 11.6. The highest BCUT2D eigenvalue weighted by molar-refractivity contribution is 5.11. The molecule has 4 unspecified atom stereocenters. The Hall–Kier alpha value is -0.340. The van der Waals surface area contributed by atoms with Gasteiger partial charge in [-0.25, -0.2) is 0 Å². The van der Waals surface area contributed by atoms with Crippen molar-refractivity contribution in [2.75, 3.05) is 0 Å². The maximum absolute atomic E-state index is 11.2. The molecule has 0 aromatic carbocycles. The zero-order valence-electron chi connectivity index (χ0n) is 21.9. The largest absolute Gasteiger partial charge is 0.393 e. The van der Waals surface area contributed by atoms with E-state index in [1.807, 2.05) is 0 Å². The summed E-state index contributed by atoms with van der Waals surface area (Å²) in [5.41, 5.74) is 2.05. The molecular weight excluding hydrogens is 392 g/mol. The van der Waals surface area contributed by atoms with Crippen LogP contribution in [0, 0.1) is 58.2 Å². The molecule has 0 amide bonds. The van der Waals surface area contributed by atoms with E-state index < -0.39 is 0 Å². The first-order chi connectivity index (χ1) is 15.0. The third-order valence-corrected chi connectivity index (χ3v) is 11.8. The molecule has 2 nitrogen and oxygen atoms in total. The minimum Gasteiger partial charge on any atom is -0.393 e. The number of hydrogen-bond donors (Lipinski definition) is 2. The second kappa shape index (κ2) is 9.03. The van der Waals surface area contributed by atoms with Gasteiger partial charge in [0.05, 0.1) is 12.2 Å². The summed E-state index contributed by atoms with van der Waals surface area (Å²) in [5.74, 6) is 5.50. The van der Waals surface area contributed by atoms with Crippen molar-refractivity contribution in [2.45, 2.75) is 118 Å². The Morgan fingerprint density at radius 1 is 0.875 bits per heavy atom. The molecule has 0 aromatic heterocycles. The maximum atomic E-state index is 11.2. The second-order valence-electron chi connectivity index (χ2n) is 13.7. The van der Waals surface area contributed by atoms with Gasteiger partial charge in [0, 0.05) is 0 Å². The quantitative estimate of drug-likeness (QED) is 0.424. The maximum Gasteiger partial charge on any atom is 0.0577 e. The molecule has 0 aliphatic heterocycles. The van der Waals surface area contributed by atoms with Gasteiger partial charge in [-0.1, -0.05) is 46.8 Å². The predicted molar refractivity (Wildman–Crippen MR) is 134 cm³/mol. The van der Waals surface area contributed by atoms with Gasteiger partial charge in [-0.2, -0.15) is 0 Å². The summed E-state index contributed by atoms with van der Waals surface area (Å²) in [5, 5.41) is 21.5. The van der Waals surface area contributed by atoms with Crippen molar-refractivity contribution >= 4 is 0 Å². The average molecular weight is 445 g/mol. The Balaban J connectivity index is 1.48. The fourth-order valence-corrected chi connectivity index (χ4v) is 10.0. The van der Waals surface area contributed by atoms with Crippen molar-refractivity contribution in [1.29, 1.82) is 0 Å². The lowest BCUT2D eigenvalue weighted by Crippen LogP contribution is -2.58. The fourth-order valence-electron chi connectivity index (χ4n) is 10.0. The molecule has 184 valence electrons. The summed E-state index contributed by atoms with van der Waals surface area (Å²) < 4.78 is 0. The van der Waals surface area contributed by atoms with E-state index in [0.29, 0.717) is 29.1 Å². The molecule has 4 aliphatic rings. The van der Waals surface area contributed by atoms with Crippen LogP contribution < -0.4 is 0 Å². The van der Waals surface area contributed by atoms with Crippen LogP contribution in [0.3, 0.4) is 0 Å². The van der Waals surface area contributed by atoms with E-state index in [-0.39, 0.29) is 17.6 Å². The summed E-state index contributed by atoms with van der Waals surface area (Å²) in [4.78, 5) is 0. The van der Waals surface area contributed by atoms with Crippen molar-refractivity contribution in [1.82, 2.24) is 0 Å². The molecule has 4 fully saturated rings. The average Bonchev–Trinajstić information content (AvgIpc) is 3.06. The third kappa shape index (κ3) is 4.04. The molecule has 11 atom stereocenters. The van der Waals surface area contributed by atoms with Crippen LogP contribution in [0.15, 0.2) is 12.2 Å². The van der Waals surface area contributed by atoms with Crippen LogP contribution in [0.4, 0.5) is 0 Å². The Bertz CT molecular complexity index is 684. The molecule has 32 heavy (non-hydrogen) atoms. The van der Waals surface area contributed by atoms with Gasteiger partial charge in [-0.05, 0) is 129 Å². The van der Waals surface area contributed by atoms with Gasteiger partial charge >= 0.3 is 0 Å². The van der Waals surface area contributed by atoms with E-state index in [4.69, 9.17) is 0 Å². The highest BCUT2D eigenvalue weighted by Gasteiger charge is 2.62. The van der Waals surface area contributed by atoms with Crippen molar-refractivity contribution in [3.63, 3.8) is 0 Å². The lowest BCUT2D eigenvalue weighted by molar-refractivity contribution is -0.172. The molecule has 4 aliphatic carbocycles. The van der Waals surface area contributed by atoms with Gasteiger partial charge in [0.25, 0.3) is 0 Å². The Morgan fingerprint density at radius 3 is 2.19 bits per heavy atom. The zero-order valence-corrected chi connectivity index (χ0v) is 21.9. The summed E-state index contributed by atoms with van der Waals surface area (Å²) >= 11 is 0. The van der Waals surface area contributed by atoms with Crippen LogP contribution in [0.25, 0.3) is 0 Å². The molecule has 4 rings (SSSR count). The molecule has 2 heteroatoms. The summed E-state index contributed by atoms with van der Waals surface area (Å²) in [6, 6.07) is 0. The summed E-state index contributed by atoms with van der Waals surface area (Å²) in [7, 11) is 0. The second-order valence-corrected chi connectivity index (χ2v) is 13.7. The van der Waals surface area contributed by atoms with E-state index in [9.17, 15) is 10.2 Å². The Labute approximate surface area is 198 Å². The van der Waals surface area contributed by atoms with Crippen LogP contribution in [0.5, 0.6) is 0 Å². The fraction of sp³-hybridized carbons (Fsp3) is 0.933. The van der Waals surface area contributed by atoms with Gasteiger partial charge in [-0.15, -0.1) is 0 Å². The van der Waals surface area contributed by atoms with Crippen LogP contribution in [-0.2, 0) is 0 Å². The topological polar surface area (TPSA) is 40.5 Å². The van der Waals surface area contributed by atoms with E-state index in [1.54, 1.807) is 0 Å². The normalized spacial score (nSPS) is 48.0. The lowest BCUT2D eigenvalue weighted by Gasteiger charge is -2.62. The molecule has 2 N–H and O–H groups in total. The third-order valence-electron chi connectivity index (χ3n) is 11.8. The summed E-state index contributed by atoms with van der Waals surface area (Å²) in [6.45, 7) is 18.9. The molecule has 0 heterocycles. The lowest BCUT2D eigenvalue weighted by atomic mass is 9.43. The number of aliphatic hydroxyl groups is 2. The van der Waals surface area contributed by atoms with Gasteiger partial charge in [0.1, 0.15) is 0 Å². The first kappa shape index (κ1) is 24.8. The van der Waals surface area contributed by atoms with Gasteiger partial charge in [0.2, 0.25) is 0 Å². The number of fused-ring (bicyclic) bond motifs is 5. The zero-order chi connectivity index (χ0) is 23.4. The Morgan fingerprint density at radius 2 is 1.53 bits per heavy atom. The van der Waals surface area contributed by atoms with E-state index >= 15 is 0 Å². The van der Waals surface area contributed by atoms with Crippen LogP contribution in [0.2, 0.25) is 0 Å². The Kier molecular flexibility index (Phi) is 6.99. The minimum atomic E-state index is -0.211. The van der Waals surface area contributed by atoms with E-state index in [0.717, 1.165) is 49.4 Å². The highest BCUT2D eigenvalue weighted by atomic mass is 16.3. The van der Waals surface area contributed by atoms with Gasteiger partial charge in [-0.3, -0.25) is 0 Å². The molecule has 0 saturated heterocycles. The number of rotatable bonds is 6. The van der Waals surface area contributed by atoms with Crippen molar-refractivity contribution in [3.8, 4) is 0 Å². The first-order valence-corrected chi connectivity index (χ1v) is 14.0. The standard InChI is InChI=1S/C30H52O2/c1-18(2)22(19(3)4)9-8-20(5)24-10-11-25-23-17-28(32)27-16-21(31)12-14-30(27,7)26(23)13-15-29(24,25)6/h19-28,31-32H,1,8-17H2,2-7H3/t20-,21+,22?,23?,24-,25?,26?,27-,28+,29-,30-/m1/s1. The smallest absolute Gasteiger partial charge is 0.0577 e. The number of aliphatic hydroxyl groups excluding tert-OH is 2. The molecule has 0 bridgehead atoms. The molecule has 0 radical (unpaired) electrons. The SMILES string of the molecule is C=C(C)C(CC[C@@H](C)[C@H]1CCC2C3C[C@H](O)[C@H]4C[C@@H](O)CC[C@]4(C)C3CC[C@@]21C)C(C)C. The van der Waals surface area contributed by atoms with Crippen LogP contribution in [0.1, 0.15) is 106 Å². The van der Waals surface area contributed by atoms with E-state index in [2.05, 4.69) is 48.1 Å². The monoisotopic (exact) mass is 444 g/mol. The molecule has 0 spiro atoms. The number of hydrogen-bond acceptors (Lipinski definition) is 2. The molecular formula is C30H52O2. The van der Waals surface area contributed by atoms with E-state index in [1.165, 1.54) is 44.1 Å². The van der Waals surface area contributed by atoms with Crippen molar-refractivity contribution in [2.24, 2.45) is 58.2 Å². The van der Waals surface area contributed by atoms with Gasteiger partial charge in [0.15, 0.2) is 0 Å². The minimum absolute atomic E-state index is 0.196. The van der Waals surface area contributed by atoms with Gasteiger partial charge < -0.3 is 10.2 Å². The van der Waals surface area contributed by atoms with Crippen molar-refractivity contribution in [3.05, 3.63) is 12.2 Å². The molecule has 4 saturated carbocycles. The van der Waals surface area contributed by atoms with Crippen LogP contribution in [-0.4, -0.2) is 22.4 Å². The number of allylic oxidation sites excluding steroid dienone is 1. The first-order valence-electron chi connectivity index (χ1n) is 14.0. The highest BCUT2D eigenvalue weighted by Crippen LogP contribution is 2.68.